The molecule has 2 rings (SSSR count). The molecule has 0 saturated carbocycles. The molecule has 0 aliphatic carbocycles. The predicted octanol–water partition coefficient (Wildman–Crippen LogP) is 2.64. The number of aliphatic imine (C=N–C) groups is 1. The molecule has 1 atom stereocenters. The van der Waals surface area contributed by atoms with E-state index in [1.54, 1.807) is 7.05 Å². The fourth-order valence-corrected chi connectivity index (χ4v) is 1.74. The molecule has 1 fully saturated rings. The van der Waals surface area contributed by atoms with Crippen molar-refractivity contribution in [1.29, 1.82) is 0 Å². The Hall–Kier alpha value is -1.35. The lowest BCUT2D eigenvalue weighted by molar-refractivity contribution is -0.105. The van der Waals surface area contributed by atoms with Crippen molar-refractivity contribution >= 4 is 6.21 Å². The maximum Gasteiger partial charge on any atom is 0.199 e. The largest absolute Gasteiger partial charge is 0.465 e. The van der Waals surface area contributed by atoms with Crippen molar-refractivity contribution in [3.63, 3.8) is 0 Å². The Kier molecular flexibility index (Phi) is 3.94. The standard InChI is InChI=1S/C13H17NO2/c1-14-10-11-5-7-12(8-6-11)16-13-4-2-3-9-15-13/h5-8,10,13H,2-4,9H2,1H3. The molecule has 86 valence electrons. The summed E-state index contributed by atoms with van der Waals surface area (Å²) in [6.07, 6.45) is 5.07. The van der Waals surface area contributed by atoms with Crippen LogP contribution in [-0.2, 0) is 4.74 Å². The van der Waals surface area contributed by atoms with Crippen LogP contribution < -0.4 is 4.74 Å². The molecule has 0 radical (unpaired) electrons. The van der Waals surface area contributed by atoms with E-state index in [0.717, 1.165) is 30.8 Å². The second kappa shape index (κ2) is 5.66. The molecule has 0 bridgehead atoms. The highest BCUT2D eigenvalue weighted by molar-refractivity contribution is 5.79. The topological polar surface area (TPSA) is 30.8 Å². The molecule has 0 spiro atoms. The minimum absolute atomic E-state index is 0.0700. The second-order valence-electron chi connectivity index (χ2n) is 3.87. The van der Waals surface area contributed by atoms with Gasteiger partial charge in [-0.1, -0.05) is 0 Å². The van der Waals surface area contributed by atoms with Gasteiger partial charge in [0.2, 0.25) is 0 Å². The van der Waals surface area contributed by atoms with E-state index in [-0.39, 0.29) is 6.29 Å². The predicted molar refractivity (Wildman–Crippen MR) is 64.2 cm³/mol. The zero-order valence-electron chi connectivity index (χ0n) is 9.56. The van der Waals surface area contributed by atoms with Crippen molar-refractivity contribution in [2.45, 2.75) is 25.6 Å². The van der Waals surface area contributed by atoms with Crippen LogP contribution in [0.2, 0.25) is 0 Å². The number of hydrogen-bond acceptors (Lipinski definition) is 3. The Bertz CT molecular complexity index is 339. The summed E-state index contributed by atoms with van der Waals surface area (Å²) in [4.78, 5) is 3.96. The van der Waals surface area contributed by atoms with Gasteiger partial charge in [-0.3, -0.25) is 4.99 Å². The average Bonchev–Trinajstić information content (AvgIpc) is 2.33. The van der Waals surface area contributed by atoms with Crippen LogP contribution in [0.15, 0.2) is 29.3 Å². The van der Waals surface area contributed by atoms with E-state index >= 15 is 0 Å². The summed E-state index contributed by atoms with van der Waals surface area (Å²) >= 11 is 0. The fraction of sp³-hybridized carbons (Fsp3) is 0.462. The third-order valence-electron chi connectivity index (χ3n) is 2.56. The van der Waals surface area contributed by atoms with Crippen LogP contribution in [0.1, 0.15) is 24.8 Å². The molecule has 0 aromatic heterocycles. The van der Waals surface area contributed by atoms with E-state index < -0.39 is 0 Å². The molecule has 1 heterocycles. The van der Waals surface area contributed by atoms with E-state index in [4.69, 9.17) is 9.47 Å². The van der Waals surface area contributed by atoms with Crippen LogP contribution in [-0.4, -0.2) is 26.2 Å². The highest BCUT2D eigenvalue weighted by atomic mass is 16.7. The number of hydrogen-bond donors (Lipinski definition) is 0. The van der Waals surface area contributed by atoms with Crippen molar-refractivity contribution in [2.24, 2.45) is 4.99 Å². The molecule has 16 heavy (non-hydrogen) atoms. The Labute approximate surface area is 96.1 Å². The third-order valence-corrected chi connectivity index (χ3v) is 2.56. The zero-order chi connectivity index (χ0) is 11.2. The van der Waals surface area contributed by atoms with Gasteiger partial charge in [-0.05, 0) is 42.7 Å². The number of benzene rings is 1. The minimum atomic E-state index is -0.0700. The summed E-state index contributed by atoms with van der Waals surface area (Å²) in [5.41, 5.74) is 1.08. The van der Waals surface area contributed by atoms with Gasteiger partial charge < -0.3 is 9.47 Å². The number of ether oxygens (including phenoxy) is 2. The van der Waals surface area contributed by atoms with E-state index in [0.29, 0.717) is 0 Å². The Morgan fingerprint density at radius 2 is 2.12 bits per heavy atom. The lowest BCUT2D eigenvalue weighted by Gasteiger charge is -2.23. The van der Waals surface area contributed by atoms with Gasteiger partial charge >= 0.3 is 0 Å². The van der Waals surface area contributed by atoms with E-state index in [1.807, 2.05) is 30.5 Å². The van der Waals surface area contributed by atoms with Gasteiger partial charge in [0.1, 0.15) is 5.75 Å². The number of nitrogens with zero attached hydrogens (tertiary/aromatic N) is 1. The van der Waals surface area contributed by atoms with Crippen LogP contribution >= 0.6 is 0 Å². The van der Waals surface area contributed by atoms with Gasteiger partial charge in [-0.2, -0.15) is 0 Å². The van der Waals surface area contributed by atoms with E-state index in [9.17, 15) is 0 Å². The Balaban J connectivity index is 1.93. The van der Waals surface area contributed by atoms with Crippen molar-refractivity contribution < 1.29 is 9.47 Å². The highest BCUT2D eigenvalue weighted by Crippen LogP contribution is 2.19. The van der Waals surface area contributed by atoms with Gasteiger partial charge in [0.15, 0.2) is 6.29 Å². The van der Waals surface area contributed by atoms with Crippen LogP contribution in [0.3, 0.4) is 0 Å². The summed E-state index contributed by atoms with van der Waals surface area (Å²) in [6, 6.07) is 7.89. The summed E-state index contributed by atoms with van der Waals surface area (Å²) in [5.74, 6) is 0.861. The summed E-state index contributed by atoms with van der Waals surface area (Å²) in [6.45, 7) is 0.811. The van der Waals surface area contributed by atoms with Gasteiger partial charge in [0.25, 0.3) is 0 Å². The molecule has 1 aromatic carbocycles. The monoisotopic (exact) mass is 219 g/mol. The first-order valence-corrected chi connectivity index (χ1v) is 5.69. The number of rotatable bonds is 3. The molecule has 0 N–H and O–H groups in total. The van der Waals surface area contributed by atoms with Crippen LogP contribution in [0, 0.1) is 0 Å². The van der Waals surface area contributed by atoms with Crippen molar-refractivity contribution in [3.05, 3.63) is 29.8 Å². The molecule has 3 nitrogen and oxygen atoms in total. The first-order chi connectivity index (χ1) is 7.88. The summed E-state index contributed by atoms with van der Waals surface area (Å²) in [7, 11) is 1.76. The van der Waals surface area contributed by atoms with Crippen molar-refractivity contribution in [2.75, 3.05) is 13.7 Å². The third kappa shape index (κ3) is 3.07. The Morgan fingerprint density at radius 1 is 1.31 bits per heavy atom. The first-order valence-electron chi connectivity index (χ1n) is 5.69. The SMILES string of the molecule is CN=Cc1ccc(OC2CCCCO2)cc1. The molecule has 0 amide bonds. The average molecular weight is 219 g/mol. The fourth-order valence-electron chi connectivity index (χ4n) is 1.74. The quantitative estimate of drug-likeness (QED) is 0.732. The smallest absolute Gasteiger partial charge is 0.199 e. The van der Waals surface area contributed by atoms with Crippen molar-refractivity contribution in [1.82, 2.24) is 0 Å². The van der Waals surface area contributed by atoms with E-state index in [1.165, 1.54) is 6.42 Å². The minimum Gasteiger partial charge on any atom is -0.465 e. The molecule has 3 heteroatoms. The molecule has 1 saturated heterocycles. The molecule has 1 aliphatic heterocycles. The molecular weight excluding hydrogens is 202 g/mol. The van der Waals surface area contributed by atoms with Gasteiger partial charge in [-0.15, -0.1) is 0 Å². The Morgan fingerprint density at radius 3 is 2.75 bits per heavy atom. The van der Waals surface area contributed by atoms with Gasteiger partial charge in [0.05, 0.1) is 6.61 Å². The van der Waals surface area contributed by atoms with Gasteiger partial charge in [-0.25, -0.2) is 0 Å². The molecular formula is C13H17NO2. The second-order valence-corrected chi connectivity index (χ2v) is 3.87. The summed E-state index contributed by atoms with van der Waals surface area (Å²) < 4.78 is 11.2. The van der Waals surface area contributed by atoms with Gasteiger partial charge in [0, 0.05) is 19.7 Å². The van der Waals surface area contributed by atoms with Crippen LogP contribution in [0.5, 0.6) is 5.75 Å². The first kappa shape index (κ1) is 11.1. The van der Waals surface area contributed by atoms with Crippen LogP contribution in [0.25, 0.3) is 0 Å². The molecule has 1 aliphatic rings. The molecule has 1 unspecified atom stereocenters. The summed E-state index contributed by atoms with van der Waals surface area (Å²) in [5, 5.41) is 0. The lowest BCUT2D eigenvalue weighted by atomic mass is 10.2. The molecule has 1 aromatic rings. The normalized spacial score (nSPS) is 21.2. The lowest BCUT2D eigenvalue weighted by Crippen LogP contribution is -2.24. The van der Waals surface area contributed by atoms with Crippen molar-refractivity contribution in [3.8, 4) is 5.75 Å². The van der Waals surface area contributed by atoms with E-state index in [2.05, 4.69) is 4.99 Å². The van der Waals surface area contributed by atoms with Crippen LogP contribution in [0.4, 0.5) is 0 Å². The maximum absolute atomic E-state index is 5.72. The maximum atomic E-state index is 5.72. The zero-order valence-corrected chi connectivity index (χ0v) is 9.56. The highest BCUT2D eigenvalue weighted by Gasteiger charge is 2.14.